The zero-order chi connectivity index (χ0) is 22.5. The van der Waals surface area contributed by atoms with Gasteiger partial charge in [0.05, 0.1) is 18.8 Å². The molecule has 0 unspecified atom stereocenters. The highest BCUT2D eigenvalue weighted by molar-refractivity contribution is 5.66. The van der Waals surface area contributed by atoms with E-state index in [2.05, 4.69) is 43.7 Å². The maximum atomic E-state index is 9.64. The van der Waals surface area contributed by atoms with Crippen molar-refractivity contribution in [3.8, 4) is 23.2 Å². The molecule has 2 aromatic carbocycles. The Kier molecular flexibility index (Phi) is 6.33. The van der Waals surface area contributed by atoms with E-state index >= 15 is 0 Å². The van der Waals surface area contributed by atoms with Crippen molar-refractivity contribution in [2.75, 3.05) is 49.6 Å². The summed E-state index contributed by atoms with van der Waals surface area (Å²) in [7, 11) is 0. The molecule has 2 fully saturated rings. The molecule has 0 radical (unpaired) electrons. The Morgan fingerprint density at radius 2 is 2.06 bits per heavy atom. The Hall–Kier alpha value is -3.67. The van der Waals surface area contributed by atoms with Crippen molar-refractivity contribution >= 4 is 17.2 Å². The minimum atomic E-state index is 0.0972. The van der Waals surface area contributed by atoms with Crippen molar-refractivity contribution in [2.24, 2.45) is 0 Å². The van der Waals surface area contributed by atoms with Gasteiger partial charge in [-0.2, -0.15) is 5.26 Å². The van der Waals surface area contributed by atoms with Crippen LogP contribution < -0.4 is 20.3 Å². The molecule has 2 aliphatic heterocycles. The van der Waals surface area contributed by atoms with Crippen LogP contribution in [0.5, 0.6) is 5.75 Å². The van der Waals surface area contributed by atoms with Crippen molar-refractivity contribution in [2.45, 2.75) is 12.5 Å². The van der Waals surface area contributed by atoms with Gasteiger partial charge in [0.25, 0.3) is 0 Å². The fourth-order valence-corrected chi connectivity index (χ4v) is 4.08. The number of hydrogen-bond acceptors (Lipinski definition) is 8. The standard InChI is InChI=1S/C25H26N6O2/c26-16-19-14-18(4-5-23(19)33-22-6-8-27-17-22)25-28-9-7-24(30-25)29-20-2-1-3-21(15-20)31-10-12-32-13-11-31/h1-5,7,9,14-15,22,27H,6,8,10-13,17H2,(H,28,29,30)/t22-/m1/s1. The van der Waals surface area contributed by atoms with Crippen LogP contribution in [-0.2, 0) is 4.74 Å². The lowest BCUT2D eigenvalue weighted by Crippen LogP contribution is -2.36. The lowest BCUT2D eigenvalue weighted by Gasteiger charge is -2.29. The number of ether oxygens (including phenoxy) is 2. The molecule has 3 heterocycles. The van der Waals surface area contributed by atoms with Gasteiger partial charge >= 0.3 is 0 Å². The summed E-state index contributed by atoms with van der Waals surface area (Å²) in [4.78, 5) is 11.4. The van der Waals surface area contributed by atoms with Gasteiger partial charge in [-0.05, 0) is 55.4 Å². The van der Waals surface area contributed by atoms with E-state index in [1.807, 2.05) is 30.3 Å². The third-order valence-corrected chi connectivity index (χ3v) is 5.82. The van der Waals surface area contributed by atoms with Crippen LogP contribution in [0, 0.1) is 11.3 Å². The molecule has 1 atom stereocenters. The summed E-state index contributed by atoms with van der Waals surface area (Å²) < 4.78 is 11.5. The Balaban J connectivity index is 1.33. The molecular weight excluding hydrogens is 416 g/mol. The van der Waals surface area contributed by atoms with E-state index in [1.165, 1.54) is 0 Å². The molecule has 168 valence electrons. The summed E-state index contributed by atoms with van der Waals surface area (Å²) in [6, 6.07) is 17.9. The zero-order valence-corrected chi connectivity index (χ0v) is 18.3. The maximum absolute atomic E-state index is 9.64. The molecule has 2 saturated heterocycles. The SMILES string of the molecule is N#Cc1cc(-c2nccc(Nc3cccc(N4CCOCC4)c3)n2)ccc1O[C@@H]1CCNC1. The number of benzene rings is 2. The van der Waals surface area contributed by atoms with E-state index in [0.717, 1.165) is 62.8 Å². The van der Waals surface area contributed by atoms with Gasteiger partial charge in [-0.1, -0.05) is 6.07 Å². The van der Waals surface area contributed by atoms with Crippen LogP contribution in [0.2, 0.25) is 0 Å². The van der Waals surface area contributed by atoms with E-state index in [0.29, 0.717) is 23.0 Å². The number of morpholine rings is 1. The smallest absolute Gasteiger partial charge is 0.161 e. The Bertz CT molecular complexity index is 1150. The quantitative estimate of drug-likeness (QED) is 0.600. The van der Waals surface area contributed by atoms with E-state index in [4.69, 9.17) is 9.47 Å². The summed E-state index contributed by atoms with van der Waals surface area (Å²) >= 11 is 0. The summed E-state index contributed by atoms with van der Waals surface area (Å²) in [6.07, 6.45) is 2.76. The van der Waals surface area contributed by atoms with Crippen LogP contribution in [0.15, 0.2) is 54.7 Å². The minimum absolute atomic E-state index is 0.0972. The third kappa shape index (κ3) is 5.06. The van der Waals surface area contributed by atoms with Crippen molar-refractivity contribution in [1.29, 1.82) is 5.26 Å². The molecule has 0 spiro atoms. The number of nitrogens with zero attached hydrogens (tertiary/aromatic N) is 4. The highest BCUT2D eigenvalue weighted by Gasteiger charge is 2.18. The average Bonchev–Trinajstić information content (AvgIpc) is 3.38. The Morgan fingerprint density at radius 3 is 2.88 bits per heavy atom. The van der Waals surface area contributed by atoms with Crippen LogP contribution in [0.4, 0.5) is 17.2 Å². The lowest BCUT2D eigenvalue weighted by atomic mass is 10.1. The molecule has 0 amide bonds. The molecule has 3 aromatic rings. The van der Waals surface area contributed by atoms with Gasteiger partial charge < -0.3 is 25.0 Å². The summed E-state index contributed by atoms with van der Waals surface area (Å²) in [5.41, 5.74) is 3.37. The van der Waals surface area contributed by atoms with Crippen molar-refractivity contribution in [1.82, 2.24) is 15.3 Å². The number of anilines is 3. The summed E-state index contributed by atoms with van der Waals surface area (Å²) in [5.74, 6) is 1.84. The predicted molar refractivity (Wildman–Crippen MR) is 127 cm³/mol. The van der Waals surface area contributed by atoms with Crippen LogP contribution in [-0.4, -0.2) is 55.5 Å². The first-order valence-corrected chi connectivity index (χ1v) is 11.2. The van der Waals surface area contributed by atoms with Crippen molar-refractivity contribution < 1.29 is 9.47 Å². The highest BCUT2D eigenvalue weighted by Crippen LogP contribution is 2.27. The van der Waals surface area contributed by atoms with Crippen LogP contribution in [0.25, 0.3) is 11.4 Å². The van der Waals surface area contributed by atoms with E-state index in [-0.39, 0.29) is 6.10 Å². The molecule has 2 aliphatic rings. The van der Waals surface area contributed by atoms with E-state index in [9.17, 15) is 5.26 Å². The van der Waals surface area contributed by atoms with Crippen LogP contribution >= 0.6 is 0 Å². The van der Waals surface area contributed by atoms with Gasteiger partial charge in [-0.3, -0.25) is 0 Å². The van der Waals surface area contributed by atoms with E-state index < -0.39 is 0 Å². The number of aromatic nitrogens is 2. The number of nitriles is 1. The maximum Gasteiger partial charge on any atom is 0.161 e. The molecule has 33 heavy (non-hydrogen) atoms. The fourth-order valence-electron chi connectivity index (χ4n) is 4.08. The number of nitrogens with one attached hydrogen (secondary N) is 2. The fraction of sp³-hybridized carbons (Fsp3) is 0.320. The second-order valence-corrected chi connectivity index (χ2v) is 8.10. The normalized spacial score (nSPS) is 18.0. The van der Waals surface area contributed by atoms with Crippen molar-refractivity contribution in [3.63, 3.8) is 0 Å². The molecule has 0 aliphatic carbocycles. The largest absolute Gasteiger partial charge is 0.488 e. The van der Waals surface area contributed by atoms with Crippen LogP contribution in [0.1, 0.15) is 12.0 Å². The first kappa shape index (κ1) is 21.2. The van der Waals surface area contributed by atoms with Crippen molar-refractivity contribution in [3.05, 3.63) is 60.3 Å². The minimum Gasteiger partial charge on any atom is -0.488 e. The number of rotatable bonds is 6. The van der Waals surface area contributed by atoms with Gasteiger partial charge in [-0.15, -0.1) is 0 Å². The third-order valence-electron chi connectivity index (χ3n) is 5.82. The topological polar surface area (TPSA) is 95.3 Å². The second kappa shape index (κ2) is 9.86. The molecule has 2 N–H and O–H groups in total. The average molecular weight is 443 g/mol. The first-order valence-electron chi connectivity index (χ1n) is 11.2. The van der Waals surface area contributed by atoms with Gasteiger partial charge in [0.2, 0.25) is 0 Å². The summed E-state index contributed by atoms with van der Waals surface area (Å²) in [6.45, 7) is 5.01. The molecular formula is C25H26N6O2. The predicted octanol–water partition coefficient (Wildman–Crippen LogP) is 3.34. The Morgan fingerprint density at radius 1 is 1.15 bits per heavy atom. The lowest BCUT2D eigenvalue weighted by molar-refractivity contribution is 0.122. The number of hydrogen-bond donors (Lipinski definition) is 2. The Labute approximate surface area is 193 Å². The van der Waals surface area contributed by atoms with Gasteiger partial charge in [0.15, 0.2) is 5.82 Å². The molecule has 5 rings (SSSR count). The molecule has 8 heteroatoms. The zero-order valence-electron chi connectivity index (χ0n) is 18.3. The second-order valence-electron chi connectivity index (χ2n) is 8.10. The monoisotopic (exact) mass is 442 g/mol. The molecule has 1 aromatic heterocycles. The highest BCUT2D eigenvalue weighted by atomic mass is 16.5. The molecule has 8 nitrogen and oxygen atoms in total. The molecule has 0 saturated carbocycles. The van der Waals surface area contributed by atoms with Gasteiger partial charge in [0, 0.05) is 42.8 Å². The van der Waals surface area contributed by atoms with E-state index in [1.54, 1.807) is 12.3 Å². The van der Waals surface area contributed by atoms with Gasteiger partial charge in [-0.25, -0.2) is 9.97 Å². The van der Waals surface area contributed by atoms with Crippen LogP contribution in [0.3, 0.4) is 0 Å². The summed E-state index contributed by atoms with van der Waals surface area (Å²) in [5, 5.41) is 16.3. The molecule has 0 bridgehead atoms. The van der Waals surface area contributed by atoms with Gasteiger partial charge in [0.1, 0.15) is 23.7 Å². The first-order chi connectivity index (χ1) is 16.3.